The van der Waals surface area contributed by atoms with Crippen LogP contribution in [-0.4, -0.2) is 27.5 Å². The Balaban J connectivity index is 2.21. The summed E-state index contributed by atoms with van der Waals surface area (Å²) in [7, 11) is -3.37. The van der Waals surface area contributed by atoms with Crippen LogP contribution in [0.25, 0.3) is 0 Å². The van der Waals surface area contributed by atoms with Gasteiger partial charge in [-0.15, -0.1) is 0 Å². The minimum atomic E-state index is -3.37. The molecule has 0 bridgehead atoms. The van der Waals surface area contributed by atoms with Gasteiger partial charge < -0.3 is 5.32 Å². The Morgan fingerprint density at radius 3 is 2.75 bits per heavy atom. The molecule has 0 spiro atoms. The summed E-state index contributed by atoms with van der Waals surface area (Å²) in [6.45, 7) is 1.59. The standard InChI is InChI=1S/C10H13IN2O2S/c11-9-3-1-2-4-10(9)16(14,15)13-8-5-6-12-7-8/h1-4,8,12-13H,5-7H2. The van der Waals surface area contributed by atoms with E-state index in [1.54, 1.807) is 18.2 Å². The molecule has 2 N–H and O–H groups in total. The fraction of sp³-hybridized carbons (Fsp3) is 0.400. The second-order valence-corrected chi connectivity index (χ2v) is 6.59. The van der Waals surface area contributed by atoms with Crippen LogP contribution < -0.4 is 10.0 Å². The van der Waals surface area contributed by atoms with Gasteiger partial charge in [0.05, 0.1) is 4.90 Å². The van der Waals surface area contributed by atoms with E-state index in [2.05, 4.69) is 10.0 Å². The molecule has 1 unspecified atom stereocenters. The molecule has 1 aliphatic rings. The van der Waals surface area contributed by atoms with E-state index in [1.165, 1.54) is 0 Å². The number of hydrogen-bond donors (Lipinski definition) is 2. The lowest BCUT2D eigenvalue weighted by Crippen LogP contribution is -2.36. The van der Waals surface area contributed by atoms with Crippen LogP contribution in [0, 0.1) is 3.57 Å². The predicted octanol–water partition coefficient (Wildman–Crippen LogP) is 0.931. The Hall–Kier alpha value is -0.180. The second-order valence-electron chi connectivity index (χ2n) is 3.74. The number of rotatable bonds is 3. The minimum absolute atomic E-state index is 0.0148. The van der Waals surface area contributed by atoms with Gasteiger partial charge in [0.25, 0.3) is 0 Å². The summed E-state index contributed by atoms with van der Waals surface area (Å²) in [6.07, 6.45) is 0.850. The first kappa shape index (κ1) is 12.3. The largest absolute Gasteiger partial charge is 0.315 e. The molecular weight excluding hydrogens is 339 g/mol. The molecule has 0 aliphatic carbocycles. The van der Waals surface area contributed by atoms with E-state index in [0.717, 1.165) is 16.5 Å². The molecule has 0 amide bonds. The van der Waals surface area contributed by atoms with Crippen molar-refractivity contribution in [1.29, 1.82) is 0 Å². The lowest BCUT2D eigenvalue weighted by Gasteiger charge is -2.12. The lowest BCUT2D eigenvalue weighted by molar-refractivity contribution is 0.559. The molecule has 88 valence electrons. The van der Waals surface area contributed by atoms with E-state index in [0.29, 0.717) is 11.4 Å². The Labute approximate surface area is 109 Å². The van der Waals surface area contributed by atoms with Crippen molar-refractivity contribution in [3.63, 3.8) is 0 Å². The Morgan fingerprint density at radius 2 is 2.12 bits per heavy atom. The van der Waals surface area contributed by atoms with Gasteiger partial charge in [-0.25, -0.2) is 13.1 Å². The third-order valence-electron chi connectivity index (χ3n) is 2.51. The molecule has 1 heterocycles. The van der Waals surface area contributed by atoms with E-state index in [9.17, 15) is 8.42 Å². The third kappa shape index (κ3) is 2.73. The van der Waals surface area contributed by atoms with Crippen molar-refractivity contribution in [2.24, 2.45) is 0 Å². The van der Waals surface area contributed by atoms with Crippen molar-refractivity contribution in [2.75, 3.05) is 13.1 Å². The van der Waals surface area contributed by atoms with Crippen LogP contribution >= 0.6 is 22.6 Å². The SMILES string of the molecule is O=S(=O)(NC1CCNC1)c1ccccc1I. The summed E-state index contributed by atoms with van der Waals surface area (Å²) >= 11 is 2.04. The average molecular weight is 352 g/mol. The van der Waals surface area contributed by atoms with Gasteiger partial charge in [-0.3, -0.25) is 0 Å². The molecule has 4 nitrogen and oxygen atoms in total. The van der Waals surface area contributed by atoms with E-state index >= 15 is 0 Å². The highest BCUT2D eigenvalue weighted by molar-refractivity contribution is 14.1. The molecule has 0 saturated carbocycles. The first-order valence-corrected chi connectivity index (χ1v) is 7.63. The smallest absolute Gasteiger partial charge is 0.241 e. The first-order chi connectivity index (χ1) is 7.59. The van der Waals surface area contributed by atoms with E-state index < -0.39 is 10.0 Å². The molecule has 0 radical (unpaired) electrons. The van der Waals surface area contributed by atoms with Crippen LogP contribution in [0.5, 0.6) is 0 Å². The van der Waals surface area contributed by atoms with Crippen LogP contribution in [0.2, 0.25) is 0 Å². The molecule has 6 heteroatoms. The molecule has 1 fully saturated rings. The van der Waals surface area contributed by atoms with Gasteiger partial charge in [0, 0.05) is 16.2 Å². The van der Waals surface area contributed by atoms with Crippen molar-refractivity contribution in [1.82, 2.24) is 10.0 Å². The number of benzene rings is 1. The summed E-state index contributed by atoms with van der Waals surface area (Å²) in [5.41, 5.74) is 0. The maximum atomic E-state index is 12.1. The van der Waals surface area contributed by atoms with Gasteiger partial charge in [-0.1, -0.05) is 12.1 Å². The lowest BCUT2D eigenvalue weighted by atomic mass is 10.3. The van der Waals surface area contributed by atoms with Gasteiger partial charge in [-0.05, 0) is 47.7 Å². The third-order valence-corrected chi connectivity index (χ3v) is 5.39. The molecule has 1 atom stereocenters. The van der Waals surface area contributed by atoms with E-state index in [4.69, 9.17) is 0 Å². The van der Waals surface area contributed by atoms with Crippen LogP contribution in [0.15, 0.2) is 29.2 Å². The quantitative estimate of drug-likeness (QED) is 0.796. The highest BCUT2D eigenvalue weighted by atomic mass is 127. The molecule has 1 aliphatic heterocycles. The number of halogens is 1. The van der Waals surface area contributed by atoms with Crippen LogP contribution in [-0.2, 0) is 10.0 Å². The Kier molecular flexibility index (Phi) is 3.83. The summed E-state index contributed by atoms with van der Waals surface area (Å²) in [5.74, 6) is 0. The zero-order chi connectivity index (χ0) is 11.6. The number of hydrogen-bond acceptors (Lipinski definition) is 3. The molecule has 1 saturated heterocycles. The predicted molar refractivity (Wildman–Crippen MR) is 70.8 cm³/mol. The molecule has 0 aromatic heterocycles. The monoisotopic (exact) mass is 352 g/mol. The fourth-order valence-electron chi connectivity index (χ4n) is 1.70. The minimum Gasteiger partial charge on any atom is -0.315 e. The zero-order valence-corrected chi connectivity index (χ0v) is 11.6. The van der Waals surface area contributed by atoms with Gasteiger partial charge in [-0.2, -0.15) is 0 Å². The van der Waals surface area contributed by atoms with Crippen molar-refractivity contribution in [3.8, 4) is 0 Å². The normalized spacial score (nSPS) is 21.2. The highest BCUT2D eigenvalue weighted by Gasteiger charge is 2.23. The summed E-state index contributed by atoms with van der Waals surface area (Å²) < 4.78 is 27.6. The van der Waals surface area contributed by atoms with Crippen LogP contribution in [0.4, 0.5) is 0 Å². The highest BCUT2D eigenvalue weighted by Crippen LogP contribution is 2.17. The van der Waals surface area contributed by atoms with E-state index in [-0.39, 0.29) is 6.04 Å². The first-order valence-electron chi connectivity index (χ1n) is 5.07. The molecular formula is C10H13IN2O2S. The number of nitrogens with one attached hydrogen (secondary N) is 2. The zero-order valence-electron chi connectivity index (χ0n) is 8.61. The summed E-state index contributed by atoms with van der Waals surface area (Å²) in [6, 6.07) is 7.01. The van der Waals surface area contributed by atoms with Crippen molar-refractivity contribution in [3.05, 3.63) is 27.8 Å². The van der Waals surface area contributed by atoms with Gasteiger partial charge >= 0.3 is 0 Å². The molecule has 1 aromatic carbocycles. The van der Waals surface area contributed by atoms with Crippen LogP contribution in [0.3, 0.4) is 0 Å². The van der Waals surface area contributed by atoms with Crippen molar-refractivity contribution < 1.29 is 8.42 Å². The Bertz CT molecular complexity index is 469. The van der Waals surface area contributed by atoms with E-state index in [1.807, 2.05) is 28.7 Å². The second kappa shape index (κ2) is 4.99. The summed E-state index contributed by atoms with van der Waals surface area (Å²) in [5, 5.41) is 3.13. The van der Waals surface area contributed by atoms with Gasteiger partial charge in [0.15, 0.2) is 0 Å². The maximum absolute atomic E-state index is 12.1. The fourth-order valence-corrected chi connectivity index (χ4v) is 4.31. The summed E-state index contributed by atoms with van der Waals surface area (Å²) in [4.78, 5) is 0.363. The molecule has 16 heavy (non-hydrogen) atoms. The maximum Gasteiger partial charge on any atom is 0.241 e. The molecule has 1 aromatic rings. The average Bonchev–Trinajstić information content (AvgIpc) is 2.70. The topological polar surface area (TPSA) is 58.2 Å². The molecule has 2 rings (SSSR count). The van der Waals surface area contributed by atoms with Crippen molar-refractivity contribution in [2.45, 2.75) is 17.4 Å². The number of sulfonamides is 1. The van der Waals surface area contributed by atoms with Gasteiger partial charge in [0.2, 0.25) is 10.0 Å². The van der Waals surface area contributed by atoms with Crippen molar-refractivity contribution >= 4 is 32.6 Å². The van der Waals surface area contributed by atoms with Crippen LogP contribution in [0.1, 0.15) is 6.42 Å². The van der Waals surface area contributed by atoms with Gasteiger partial charge in [0.1, 0.15) is 0 Å². The Morgan fingerprint density at radius 1 is 1.38 bits per heavy atom.